The van der Waals surface area contributed by atoms with Crippen molar-refractivity contribution in [1.82, 2.24) is 0 Å². The summed E-state index contributed by atoms with van der Waals surface area (Å²) in [4.78, 5) is 65.0. The number of esters is 2. The lowest BCUT2D eigenvalue weighted by Crippen LogP contribution is -2.30. The number of ether oxygens (including phenoxy) is 2. The number of rotatable bonds is 43. The zero-order valence-corrected chi connectivity index (χ0v) is 39.5. The van der Waals surface area contributed by atoms with Crippen molar-refractivity contribution >= 4 is 33.4 Å². The van der Waals surface area contributed by atoms with Crippen molar-refractivity contribution < 1.29 is 66.3 Å². The van der Waals surface area contributed by atoms with Gasteiger partial charge < -0.3 is 29.3 Å². The minimum atomic E-state index is -4.89. The number of aliphatic hydroxyl groups excluding tert-OH is 1. The molecule has 0 bridgehead atoms. The SMILES string of the molecule is CCCCC/C=C\C/C=C\C/C=C\C=C\C(=O)CCCC(=O)O[C@H](COC(=O)CCCCCCCCC/C=C\CCCCCCCC)COP(=O)(O)OC[C@@H](O)COP(=O)(O)O. The van der Waals surface area contributed by atoms with Crippen LogP contribution in [0.1, 0.15) is 174 Å². The molecule has 0 amide bonds. The van der Waals surface area contributed by atoms with E-state index >= 15 is 0 Å². The van der Waals surface area contributed by atoms with E-state index < -0.39 is 66.2 Å². The molecule has 4 N–H and O–H groups in total. The van der Waals surface area contributed by atoms with Gasteiger partial charge in [-0.3, -0.25) is 28.0 Å². The Balaban J connectivity index is 4.68. The zero-order valence-electron chi connectivity index (χ0n) is 37.7. The number of carbonyl (C=O) groups excluding carboxylic acids is 3. The van der Waals surface area contributed by atoms with E-state index in [1.807, 2.05) is 6.08 Å². The van der Waals surface area contributed by atoms with Crippen molar-refractivity contribution in [2.45, 2.75) is 187 Å². The second-order valence-corrected chi connectivity index (χ2v) is 18.0. The molecule has 358 valence electrons. The fraction of sp³-hybridized carbons (Fsp3) is 0.717. The van der Waals surface area contributed by atoms with Crippen molar-refractivity contribution in [2.24, 2.45) is 0 Å². The summed E-state index contributed by atoms with van der Waals surface area (Å²) in [6, 6.07) is 0. The maximum absolute atomic E-state index is 12.7. The van der Waals surface area contributed by atoms with Gasteiger partial charge in [0.1, 0.15) is 12.7 Å². The highest BCUT2D eigenvalue weighted by Gasteiger charge is 2.28. The molecular weight excluding hydrogens is 838 g/mol. The fourth-order valence-corrected chi connectivity index (χ4v) is 6.98. The second-order valence-electron chi connectivity index (χ2n) is 15.4. The van der Waals surface area contributed by atoms with Crippen LogP contribution < -0.4 is 0 Å². The summed E-state index contributed by atoms with van der Waals surface area (Å²) >= 11 is 0. The molecule has 0 saturated carbocycles. The van der Waals surface area contributed by atoms with Gasteiger partial charge in [0, 0.05) is 19.3 Å². The Labute approximate surface area is 372 Å². The van der Waals surface area contributed by atoms with E-state index in [4.69, 9.17) is 23.8 Å². The molecule has 3 atom stereocenters. The number of allylic oxidation sites excluding steroid dienone is 10. The van der Waals surface area contributed by atoms with Crippen LogP contribution >= 0.6 is 15.6 Å². The third-order valence-corrected chi connectivity index (χ3v) is 10.8. The molecule has 0 spiro atoms. The van der Waals surface area contributed by atoms with Gasteiger partial charge in [0.05, 0.1) is 19.8 Å². The van der Waals surface area contributed by atoms with Gasteiger partial charge >= 0.3 is 27.6 Å². The molecule has 62 heavy (non-hydrogen) atoms. The van der Waals surface area contributed by atoms with E-state index in [0.29, 0.717) is 6.42 Å². The Hall–Kier alpha value is -2.51. The largest absolute Gasteiger partial charge is 0.472 e. The predicted octanol–water partition coefficient (Wildman–Crippen LogP) is 11.2. The van der Waals surface area contributed by atoms with Crippen LogP contribution in [0.15, 0.2) is 60.8 Å². The van der Waals surface area contributed by atoms with E-state index in [9.17, 15) is 33.5 Å². The number of unbranched alkanes of at least 4 members (excludes halogenated alkanes) is 16. The van der Waals surface area contributed by atoms with Gasteiger partial charge in [-0.25, -0.2) is 9.13 Å². The van der Waals surface area contributed by atoms with Crippen LogP contribution in [0.5, 0.6) is 0 Å². The molecule has 14 nitrogen and oxygen atoms in total. The van der Waals surface area contributed by atoms with E-state index in [1.165, 1.54) is 83.1 Å². The fourth-order valence-electron chi connectivity index (χ4n) is 5.82. The van der Waals surface area contributed by atoms with Crippen molar-refractivity contribution in [3.63, 3.8) is 0 Å². The molecule has 0 radical (unpaired) electrons. The van der Waals surface area contributed by atoms with Gasteiger partial charge in [0.25, 0.3) is 0 Å². The first-order valence-corrected chi connectivity index (χ1v) is 26.0. The lowest BCUT2D eigenvalue weighted by Gasteiger charge is -2.20. The van der Waals surface area contributed by atoms with Crippen LogP contribution in [-0.4, -0.2) is 76.1 Å². The van der Waals surface area contributed by atoms with Crippen molar-refractivity contribution in [1.29, 1.82) is 0 Å². The van der Waals surface area contributed by atoms with Crippen molar-refractivity contribution in [3.05, 3.63) is 60.8 Å². The number of hydrogen-bond donors (Lipinski definition) is 4. The van der Waals surface area contributed by atoms with Crippen LogP contribution in [0.25, 0.3) is 0 Å². The Morgan fingerprint density at radius 2 is 1.00 bits per heavy atom. The van der Waals surface area contributed by atoms with Crippen LogP contribution in [-0.2, 0) is 46.6 Å². The van der Waals surface area contributed by atoms with Crippen LogP contribution in [0.3, 0.4) is 0 Å². The molecule has 0 fully saturated rings. The summed E-state index contributed by atoms with van der Waals surface area (Å²) < 4.78 is 47.6. The molecule has 0 rings (SSSR count). The molecular formula is C46H80O14P2. The Morgan fingerprint density at radius 1 is 0.516 bits per heavy atom. The van der Waals surface area contributed by atoms with E-state index in [2.05, 4.69) is 59.4 Å². The number of phosphoric acid groups is 2. The quantitative estimate of drug-likeness (QED) is 0.0112. The number of carbonyl (C=O) groups is 3. The van der Waals surface area contributed by atoms with E-state index in [1.54, 1.807) is 12.2 Å². The Morgan fingerprint density at radius 3 is 1.63 bits per heavy atom. The monoisotopic (exact) mass is 919 g/mol. The van der Waals surface area contributed by atoms with Gasteiger partial charge in [-0.2, -0.15) is 0 Å². The van der Waals surface area contributed by atoms with Crippen molar-refractivity contribution in [3.8, 4) is 0 Å². The van der Waals surface area contributed by atoms with Gasteiger partial charge in [0.2, 0.25) is 0 Å². The predicted molar refractivity (Wildman–Crippen MR) is 244 cm³/mol. The summed E-state index contributed by atoms with van der Waals surface area (Å²) in [6.07, 6.45) is 40.7. The highest BCUT2D eigenvalue weighted by Crippen LogP contribution is 2.43. The number of hydrogen-bond acceptors (Lipinski definition) is 11. The first-order valence-electron chi connectivity index (χ1n) is 22.9. The number of phosphoric ester groups is 2. The highest BCUT2D eigenvalue weighted by atomic mass is 31.2. The average molecular weight is 919 g/mol. The molecule has 0 aromatic carbocycles. The Kier molecular flexibility index (Phi) is 39.5. The van der Waals surface area contributed by atoms with Crippen LogP contribution in [0.2, 0.25) is 0 Å². The summed E-state index contributed by atoms with van der Waals surface area (Å²) in [5, 5.41) is 9.75. The third kappa shape index (κ3) is 44.1. The Bertz CT molecular complexity index is 1390. The summed E-state index contributed by atoms with van der Waals surface area (Å²) in [6.45, 7) is 1.45. The molecule has 0 aliphatic heterocycles. The normalized spacial score (nSPS) is 14.4. The average Bonchev–Trinajstić information content (AvgIpc) is 3.22. The molecule has 16 heteroatoms. The first-order chi connectivity index (χ1) is 29.8. The van der Waals surface area contributed by atoms with Gasteiger partial charge in [0.15, 0.2) is 11.9 Å². The maximum atomic E-state index is 12.7. The zero-order chi connectivity index (χ0) is 46.0. The molecule has 0 aliphatic rings. The number of ketones is 1. The molecule has 1 unspecified atom stereocenters. The lowest BCUT2D eigenvalue weighted by atomic mass is 10.1. The van der Waals surface area contributed by atoms with Gasteiger partial charge in [-0.05, 0) is 70.3 Å². The molecule has 0 saturated heterocycles. The second kappa shape index (κ2) is 41.2. The van der Waals surface area contributed by atoms with E-state index in [0.717, 1.165) is 51.4 Å². The molecule has 0 aromatic rings. The topological polar surface area (TPSA) is 212 Å². The summed E-state index contributed by atoms with van der Waals surface area (Å²) in [5.74, 6) is -1.48. The first kappa shape index (κ1) is 59.5. The standard InChI is InChI=1S/C46H80O14P2/c1-3-5-7-9-11-13-15-17-18-19-20-22-24-26-28-30-32-36-45(49)56-40-44(41-59-62(54,55)58-39-43(48)38-57-61(51,52)53)60-46(50)37-33-35-42(47)34-31-29-27-25-23-21-16-14-12-10-8-6-4-2/h12,14,17-18,21,23,27,29,31,34,43-44,48H,3-11,13,15-16,19-20,22,24-26,28,30,32-33,35-41H2,1-2H3,(H,54,55)(H2,51,52,53)/b14-12-,18-17-,23-21-,29-27-,34-31+/t43-,44+/m0/s1. The maximum Gasteiger partial charge on any atom is 0.472 e. The third-order valence-electron chi connectivity index (χ3n) is 9.35. The minimum absolute atomic E-state index is 0.0739. The van der Waals surface area contributed by atoms with Gasteiger partial charge in [-0.15, -0.1) is 0 Å². The molecule has 0 heterocycles. The van der Waals surface area contributed by atoms with Crippen LogP contribution in [0, 0.1) is 0 Å². The smallest absolute Gasteiger partial charge is 0.462 e. The molecule has 0 aliphatic carbocycles. The summed E-state index contributed by atoms with van der Waals surface area (Å²) in [7, 11) is -9.77. The van der Waals surface area contributed by atoms with Crippen LogP contribution in [0.4, 0.5) is 0 Å². The number of aliphatic hydroxyl groups is 1. The lowest BCUT2D eigenvalue weighted by molar-refractivity contribution is -0.161. The van der Waals surface area contributed by atoms with Gasteiger partial charge in [-0.1, -0.05) is 146 Å². The van der Waals surface area contributed by atoms with Crippen molar-refractivity contribution in [2.75, 3.05) is 26.4 Å². The van der Waals surface area contributed by atoms with E-state index in [-0.39, 0.29) is 31.5 Å². The minimum Gasteiger partial charge on any atom is -0.462 e. The highest BCUT2D eigenvalue weighted by molar-refractivity contribution is 7.47. The molecule has 0 aromatic heterocycles. The summed E-state index contributed by atoms with van der Waals surface area (Å²) in [5.41, 5.74) is 0.